The summed E-state index contributed by atoms with van der Waals surface area (Å²) >= 11 is 0. The fourth-order valence-corrected chi connectivity index (χ4v) is 1.06. The smallest absolute Gasteiger partial charge is 0.352 e. The van der Waals surface area contributed by atoms with Gasteiger partial charge in [-0.3, -0.25) is 4.79 Å². The van der Waals surface area contributed by atoms with Gasteiger partial charge in [-0.05, 0) is 11.6 Å². The summed E-state index contributed by atoms with van der Waals surface area (Å²) < 4.78 is 0. The van der Waals surface area contributed by atoms with Gasteiger partial charge in [-0.1, -0.05) is 30.3 Å². The molecule has 0 aliphatic carbocycles. The van der Waals surface area contributed by atoms with Crippen LogP contribution in [0.25, 0.3) is 6.08 Å². The van der Waals surface area contributed by atoms with Crippen molar-refractivity contribution in [3.63, 3.8) is 0 Å². The van der Waals surface area contributed by atoms with Crippen LogP contribution in [0.5, 0.6) is 0 Å². The maximum Gasteiger partial charge on any atom is 0.352 e. The first kappa shape index (κ1) is 14.5. The molecule has 0 unspecified atom stereocenters. The third-order valence-electron chi connectivity index (χ3n) is 1.65. The topological polar surface area (TPSA) is 66.4 Å². The summed E-state index contributed by atoms with van der Waals surface area (Å²) in [7, 11) is 0. The number of aliphatic carboxylic acids is 1. The van der Waals surface area contributed by atoms with E-state index in [0.717, 1.165) is 5.56 Å². The number of rotatable bonds is 3. The van der Waals surface area contributed by atoms with Crippen LogP contribution in [0.2, 0.25) is 0 Å². The Kier molecular flexibility index (Phi) is 6.27. The first-order valence-electron chi connectivity index (χ1n) is 4.37. The van der Waals surface area contributed by atoms with Crippen LogP contribution < -0.4 is 5.32 Å². The van der Waals surface area contributed by atoms with Gasteiger partial charge in [-0.2, -0.15) is 0 Å². The molecule has 16 heavy (non-hydrogen) atoms. The van der Waals surface area contributed by atoms with Gasteiger partial charge in [0, 0.05) is 26.4 Å². The van der Waals surface area contributed by atoms with E-state index in [0.29, 0.717) is 0 Å². The van der Waals surface area contributed by atoms with Crippen LogP contribution in [0.1, 0.15) is 12.5 Å². The minimum absolute atomic E-state index is 0. The molecular weight excluding hydrogens is 260 g/mol. The number of carbonyl (C=O) groups is 2. The van der Waals surface area contributed by atoms with Gasteiger partial charge in [0.2, 0.25) is 5.91 Å². The first-order chi connectivity index (χ1) is 7.09. The van der Waals surface area contributed by atoms with Gasteiger partial charge in [0.25, 0.3) is 0 Å². The maximum atomic E-state index is 10.8. The van der Waals surface area contributed by atoms with Crippen molar-refractivity contribution in [1.29, 1.82) is 0 Å². The number of hydrogen-bond acceptors (Lipinski definition) is 2. The number of benzene rings is 1. The van der Waals surface area contributed by atoms with Crippen molar-refractivity contribution in [2.45, 2.75) is 6.92 Å². The third-order valence-corrected chi connectivity index (χ3v) is 1.65. The van der Waals surface area contributed by atoms with E-state index >= 15 is 0 Å². The predicted molar refractivity (Wildman–Crippen MR) is 55.9 cm³/mol. The Labute approximate surface area is 106 Å². The molecular formula is C11H11NO3Zn. The quantitative estimate of drug-likeness (QED) is 0.642. The number of carbonyl (C=O) groups excluding carboxylic acids is 1. The van der Waals surface area contributed by atoms with Crippen molar-refractivity contribution in [1.82, 2.24) is 5.32 Å². The summed E-state index contributed by atoms with van der Waals surface area (Å²) in [6, 6.07) is 8.92. The zero-order valence-corrected chi connectivity index (χ0v) is 11.9. The number of nitrogens with one attached hydrogen (secondary N) is 1. The molecule has 0 aliphatic heterocycles. The molecule has 0 bridgehead atoms. The normalized spacial score (nSPS) is 10.2. The molecule has 0 saturated heterocycles. The fraction of sp³-hybridized carbons (Fsp3) is 0.0909. The molecule has 1 rings (SSSR count). The summed E-state index contributed by atoms with van der Waals surface area (Å²) in [6.07, 6.45) is 1.41. The molecule has 80 valence electrons. The van der Waals surface area contributed by atoms with E-state index in [-0.39, 0.29) is 25.2 Å². The summed E-state index contributed by atoms with van der Waals surface area (Å²) in [5, 5.41) is 11.1. The van der Waals surface area contributed by atoms with Crippen LogP contribution in [0, 0.1) is 0 Å². The maximum absolute atomic E-state index is 10.8. The van der Waals surface area contributed by atoms with E-state index in [1.807, 2.05) is 6.07 Å². The van der Waals surface area contributed by atoms with Crippen LogP contribution in [0.3, 0.4) is 0 Å². The van der Waals surface area contributed by atoms with Crippen molar-refractivity contribution in [2.24, 2.45) is 0 Å². The van der Waals surface area contributed by atoms with Crippen LogP contribution in [-0.4, -0.2) is 17.0 Å². The van der Waals surface area contributed by atoms with Crippen LogP contribution in [-0.2, 0) is 29.1 Å². The average Bonchev–Trinajstić information content (AvgIpc) is 2.17. The zero-order valence-electron chi connectivity index (χ0n) is 8.93. The summed E-state index contributed by atoms with van der Waals surface area (Å²) in [4.78, 5) is 21.5. The van der Waals surface area contributed by atoms with E-state index in [1.165, 1.54) is 13.0 Å². The van der Waals surface area contributed by atoms with E-state index in [1.54, 1.807) is 24.3 Å². The molecule has 4 nitrogen and oxygen atoms in total. The number of carboxylic acids is 1. The average molecular weight is 271 g/mol. The van der Waals surface area contributed by atoms with Crippen molar-refractivity contribution in [3.8, 4) is 0 Å². The van der Waals surface area contributed by atoms with Gasteiger partial charge >= 0.3 is 5.97 Å². The zero-order chi connectivity index (χ0) is 11.3. The van der Waals surface area contributed by atoms with Crippen molar-refractivity contribution < 1.29 is 34.2 Å². The molecule has 0 spiro atoms. The minimum Gasteiger partial charge on any atom is -0.477 e. The summed E-state index contributed by atoms with van der Waals surface area (Å²) in [5.74, 6) is -1.56. The Morgan fingerprint density at radius 3 is 2.25 bits per heavy atom. The van der Waals surface area contributed by atoms with E-state index < -0.39 is 11.9 Å². The monoisotopic (exact) mass is 269 g/mol. The molecule has 0 radical (unpaired) electrons. The van der Waals surface area contributed by atoms with Gasteiger partial charge < -0.3 is 10.4 Å². The van der Waals surface area contributed by atoms with Gasteiger partial charge in [0.05, 0.1) is 0 Å². The van der Waals surface area contributed by atoms with Gasteiger partial charge in [0.1, 0.15) is 5.70 Å². The third kappa shape index (κ3) is 4.85. The molecule has 0 aliphatic rings. The Hall–Kier alpha value is -1.48. The predicted octanol–water partition coefficient (Wildman–Crippen LogP) is 1.25. The largest absolute Gasteiger partial charge is 0.477 e. The van der Waals surface area contributed by atoms with Gasteiger partial charge in [0.15, 0.2) is 0 Å². The standard InChI is InChI=1S/C11H11NO3.Zn/c1-8(13)12-10(11(14)15)7-9-5-3-2-4-6-9;/h2-7H,1H3,(H,12,13)(H,14,15);. The molecule has 0 aromatic heterocycles. The van der Waals surface area contributed by atoms with Crippen LogP contribution in [0.15, 0.2) is 36.0 Å². The molecule has 5 heteroatoms. The Balaban J connectivity index is 0.00000225. The first-order valence-corrected chi connectivity index (χ1v) is 4.37. The van der Waals surface area contributed by atoms with Crippen LogP contribution >= 0.6 is 0 Å². The summed E-state index contributed by atoms with van der Waals surface area (Å²) in [6.45, 7) is 1.27. The van der Waals surface area contributed by atoms with Gasteiger partial charge in [-0.15, -0.1) is 0 Å². The molecule has 2 N–H and O–H groups in total. The number of carboxylic acid groups (broad SMARTS) is 1. The Morgan fingerprint density at radius 1 is 1.25 bits per heavy atom. The van der Waals surface area contributed by atoms with Crippen LogP contribution in [0.4, 0.5) is 0 Å². The molecule has 1 aromatic carbocycles. The molecule has 0 saturated carbocycles. The molecule has 0 fully saturated rings. The van der Waals surface area contributed by atoms with E-state index in [9.17, 15) is 9.59 Å². The van der Waals surface area contributed by atoms with Crippen molar-refractivity contribution in [2.75, 3.05) is 0 Å². The second-order valence-electron chi connectivity index (χ2n) is 2.96. The molecule has 1 amide bonds. The molecule has 0 atom stereocenters. The molecule has 0 heterocycles. The van der Waals surface area contributed by atoms with Crippen molar-refractivity contribution >= 4 is 18.0 Å². The second kappa shape index (κ2) is 6.91. The minimum atomic E-state index is -1.16. The Bertz CT molecular complexity index is 401. The Morgan fingerprint density at radius 2 is 1.81 bits per heavy atom. The number of amides is 1. The van der Waals surface area contributed by atoms with Gasteiger partial charge in [-0.25, -0.2) is 4.79 Å². The summed E-state index contributed by atoms with van der Waals surface area (Å²) in [5.41, 5.74) is 0.595. The molecule has 1 aromatic rings. The van der Waals surface area contributed by atoms with Crippen molar-refractivity contribution in [3.05, 3.63) is 41.6 Å². The van der Waals surface area contributed by atoms with E-state index in [2.05, 4.69) is 5.32 Å². The second-order valence-corrected chi connectivity index (χ2v) is 2.96. The number of hydrogen-bond donors (Lipinski definition) is 2. The van der Waals surface area contributed by atoms with E-state index in [4.69, 9.17) is 5.11 Å². The SMILES string of the molecule is CC(=O)NC(=Cc1ccccc1)C(=O)O.[Zn]. The fourth-order valence-electron chi connectivity index (χ4n) is 1.06.